The molecule has 7 heteroatoms. The van der Waals surface area contributed by atoms with Crippen molar-refractivity contribution in [2.45, 2.75) is 121 Å². The second-order valence-corrected chi connectivity index (χ2v) is 13.0. The van der Waals surface area contributed by atoms with Gasteiger partial charge < -0.3 is 25.2 Å². The molecule has 3 heterocycles. The maximum absolute atomic E-state index is 11.4. The summed E-state index contributed by atoms with van der Waals surface area (Å²) in [5, 5.41) is 12.2. The highest BCUT2D eigenvalue weighted by atomic mass is 16.5. The fourth-order valence-corrected chi connectivity index (χ4v) is 6.57. The van der Waals surface area contributed by atoms with Gasteiger partial charge in [-0.25, -0.2) is 0 Å². The average molecular weight is 629 g/mol. The summed E-state index contributed by atoms with van der Waals surface area (Å²) in [5.74, 6) is 0.328. The highest BCUT2D eigenvalue weighted by molar-refractivity contribution is 5.85. The molecular formula is C39H52N2O5. The van der Waals surface area contributed by atoms with Gasteiger partial charge in [-0.2, -0.15) is 0 Å². The molecule has 0 bridgehead atoms. The summed E-state index contributed by atoms with van der Waals surface area (Å²) in [6.45, 7) is 6.09. The minimum atomic E-state index is 0.0728. The molecule has 3 aliphatic heterocycles. The number of hydrogen-bond donors (Lipinski definition) is 2. The number of oxime groups is 1. The van der Waals surface area contributed by atoms with Crippen molar-refractivity contribution < 1.29 is 24.2 Å². The second-order valence-electron chi connectivity index (χ2n) is 13.0. The number of nitrogens with two attached hydrogens (primary N) is 1. The predicted molar refractivity (Wildman–Crippen MR) is 183 cm³/mol. The molecule has 4 unspecified atom stereocenters. The van der Waals surface area contributed by atoms with Crippen LogP contribution >= 0.6 is 0 Å². The van der Waals surface area contributed by atoms with Crippen LogP contribution in [0.4, 0.5) is 0 Å². The third-order valence-electron chi connectivity index (χ3n) is 8.49. The van der Waals surface area contributed by atoms with Crippen molar-refractivity contribution in [2.75, 3.05) is 0 Å². The number of hydrogen-bond acceptors (Lipinski definition) is 7. The largest absolute Gasteiger partial charge is 0.411 e. The normalized spacial score (nSPS) is 28.7. The van der Waals surface area contributed by atoms with Gasteiger partial charge in [0.05, 0.1) is 42.3 Å². The van der Waals surface area contributed by atoms with Crippen molar-refractivity contribution in [2.24, 2.45) is 10.9 Å². The van der Waals surface area contributed by atoms with E-state index in [1.165, 1.54) is 16.7 Å². The van der Waals surface area contributed by atoms with Gasteiger partial charge in [-0.1, -0.05) is 96.2 Å². The van der Waals surface area contributed by atoms with E-state index in [1.54, 1.807) is 0 Å². The molecule has 0 aliphatic carbocycles. The smallest absolute Gasteiger partial charge is 0.138 e. The number of nitrogens with zero attached hydrogens (tertiary/aromatic N) is 1. The van der Waals surface area contributed by atoms with Crippen LogP contribution in [0.3, 0.4) is 0 Å². The fraction of sp³-hybridized carbons (Fsp3) is 0.487. The molecule has 3 saturated heterocycles. The van der Waals surface area contributed by atoms with Gasteiger partial charge in [0, 0.05) is 31.7 Å². The Kier molecular flexibility index (Phi) is 14.4. The first-order valence-corrected chi connectivity index (χ1v) is 16.8. The van der Waals surface area contributed by atoms with Crippen LogP contribution in [-0.4, -0.2) is 59.4 Å². The summed E-state index contributed by atoms with van der Waals surface area (Å²) >= 11 is 0. The third-order valence-corrected chi connectivity index (χ3v) is 8.49. The Morgan fingerprint density at radius 3 is 1.50 bits per heavy atom. The van der Waals surface area contributed by atoms with Crippen LogP contribution in [0.2, 0.25) is 0 Å². The summed E-state index contributed by atoms with van der Waals surface area (Å²) < 4.78 is 17.5. The first-order chi connectivity index (χ1) is 22.2. The van der Waals surface area contributed by atoms with Gasteiger partial charge in [0.25, 0.3) is 0 Å². The molecular weight excluding hydrogens is 576 g/mol. The van der Waals surface area contributed by atoms with E-state index in [1.807, 2.05) is 56.3 Å². The van der Waals surface area contributed by atoms with Crippen LogP contribution < -0.4 is 5.73 Å². The Labute approximate surface area is 275 Å². The number of rotatable bonds is 6. The highest BCUT2D eigenvalue weighted by Crippen LogP contribution is 2.22. The van der Waals surface area contributed by atoms with E-state index >= 15 is 0 Å². The summed E-state index contributed by atoms with van der Waals surface area (Å²) in [7, 11) is 0. The minimum Gasteiger partial charge on any atom is -0.411 e. The SMILES string of the molecule is CC1C/C(=N/O)CC(Cc2ccccc2)O1.CC1CC(=O)CC(Cc2ccccc2)O1.C[C@@H]1C[C@H](N)C[C@H](Cc2ccccc2)O1. The van der Waals surface area contributed by atoms with Crippen LogP contribution in [0.1, 0.15) is 76.0 Å². The molecule has 3 aromatic carbocycles. The van der Waals surface area contributed by atoms with Gasteiger partial charge in [-0.3, -0.25) is 4.79 Å². The number of carbonyl (C=O) groups excluding carboxylic acids is 1. The van der Waals surface area contributed by atoms with Gasteiger partial charge in [0.2, 0.25) is 0 Å². The van der Waals surface area contributed by atoms with Crippen molar-refractivity contribution in [1.82, 2.24) is 0 Å². The molecule has 0 saturated carbocycles. The fourth-order valence-electron chi connectivity index (χ4n) is 6.57. The summed E-state index contributed by atoms with van der Waals surface area (Å²) in [6.07, 6.45) is 8.34. The maximum Gasteiger partial charge on any atom is 0.138 e. The van der Waals surface area contributed by atoms with E-state index < -0.39 is 0 Å². The van der Waals surface area contributed by atoms with Crippen LogP contribution in [-0.2, 0) is 38.3 Å². The van der Waals surface area contributed by atoms with E-state index in [-0.39, 0.29) is 24.4 Å². The van der Waals surface area contributed by atoms with Crippen LogP contribution in [0.15, 0.2) is 96.2 Å². The van der Waals surface area contributed by atoms with Gasteiger partial charge in [0.15, 0.2) is 0 Å². The highest BCUT2D eigenvalue weighted by Gasteiger charge is 2.26. The third kappa shape index (κ3) is 12.8. The average Bonchev–Trinajstić information content (AvgIpc) is 3.02. The Balaban J connectivity index is 0.000000157. The van der Waals surface area contributed by atoms with Crippen molar-refractivity contribution in [3.8, 4) is 0 Å². The standard InChI is InChI=1S/C13H17NO2.C13H19NO.C13H16O2/c1-10-7-12(14-15)9-13(16-10)8-11-5-3-2-4-6-11;2*1-10-7-12(14)9-13(15-10)8-11-5-3-2-4-6-11/h2-6,10,13,15H,7-9H2,1H3;2-6,10,12-13H,7-9,14H2,1H3;2-6,10,13H,7-9H2,1H3/b14-12-;;/t;10-,12+,13+;/m.1./s1. The summed E-state index contributed by atoms with van der Waals surface area (Å²) in [5.41, 5.74) is 10.7. The Bertz CT molecular complexity index is 1310. The lowest BCUT2D eigenvalue weighted by Crippen LogP contribution is -2.39. The Morgan fingerprint density at radius 1 is 0.609 bits per heavy atom. The molecule has 46 heavy (non-hydrogen) atoms. The molecule has 0 radical (unpaired) electrons. The van der Waals surface area contributed by atoms with Crippen molar-refractivity contribution in [3.63, 3.8) is 0 Å². The topological polar surface area (TPSA) is 103 Å². The quantitative estimate of drug-likeness (QED) is 0.223. The zero-order valence-corrected chi connectivity index (χ0v) is 27.7. The lowest BCUT2D eigenvalue weighted by molar-refractivity contribution is -0.133. The molecule has 3 N–H and O–H groups in total. The number of ketones is 1. The van der Waals surface area contributed by atoms with Crippen LogP contribution in [0.25, 0.3) is 0 Å². The van der Waals surface area contributed by atoms with E-state index in [0.717, 1.165) is 50.7 Å². The van der Waals surface area contributed by atoms with Gasteiger partial charge in [-0.15, -0.1) is 0 Å². The first-order valence-electron chi connectivity index (χ1n) is 16.8. The zero-order valence-electron chi connectivity index (χ0n) is 27.7. The van der Waals surface area contributed by atoms with Crippen molar-refractivity contribution >= 4 is 11.5 Å². The molecule has 3 aromatic rings. The van der Waals surface area contributed by atoms with Crippen molar-refractivity contribution in [1.29, 1.82) is 0 Å². The minimum absolute atomic E-state index is 0.0728. The molecule has 0 amide bonds. The molecule has 7 nitrogen and oxygen atoms in total. The Morgan fingerprint density at radius 2 is 1.04 bits per heavy atom. The molecule has 7 atom stereocenters. The lowest BCUT2D eigenvalue weighted by atomic mass is 9.96. The lowest BCUT2D eigenvalue weighted by Gasteiger charge is -2.32. The molecule has 248 valence electrons. The van der Waals surface area contributed by atoms with Crippen molar-refractivity contribution in [3.05, 3.63) is 108 Å². The number of ether oxygens (including phenoxy) is 3. The molecule has 6 rings (SSSR count). The second kappa shape index (κ2) is 18.7. The maximum atomic E-state index is 11.4. The number of benzene rings is 3. The summed E-state index contributed by atoms with van der Waals surface area (Å²) in [4.78, 5) is 11.4. The van der Waals surface area contributed by atoms with Crippen LogP contribution in [0.5, 0.6) is 0 Å². The van der Waals surface area contributed by atoms with Gasteiger partial charge in [0.1, 0.15) is 5.78 Å². The van der Waals surface area contributed by atoms with Gasteiger partial charge >= 0.3 is 0 Å². The first kappa shape index (κ1) is 35.5. The van der Waals surface area contributed by atoms with E-state index in [0.29, 0.717) is 36.9 Å². The molecule has 0 aromatic heterocycles. The van der Waals surface area contributed by atoms with E-state index in [4.69, 9.17) is 25.2 Å². The van der Waals surface area contributed by atoms with E-state index in [9.17, 15) is 4.79 Å². The molecule has 3 aliphatic rings. The number of Topliss-reactive ketones (excluding diaryl/α,β-unsaturated/α-hetero) is 1. The Hall–Kier alpha value is -3.36. The molecule has 0 spiro atoms. The zero-order chi connectivity index (χ0) is 32.7. The van der Waals surface area contributed by atoms with E-state index in [2.05, 4.69) is 60.6 Å². The summed E-state index contributed by atoms with van der Waals surface area (Å²) in [6, 6.07) is 31.2. The van der Waals surface area contributed by atoms with Gasteiger partial charge in [-0.05, 0) is 69.6 Å². The van der Waals surface area contributed by atoms with Crippen LogP contribution in [0, 0.1) is 0 Å². The molecule has 3 fully saturated rings. The monoisotopic (exact) mass is 628 g/mol. The predicted octanol–water partition coefficient (Wildman–Crippen LogP) is 7.12. The number of carbonyl (C=O) groups is 1.